The summed E-state index contributed by atoms with van der Waals surface area (Å²) in [4.78, 5) is 16.1. The highest BCUT2D eigenvalue weighted by Crippen LogP contribution is 2.37. The molecule has 0 radical (unpaired) electrons. The molecular weight excluding hydrogens is 395 g/mol. The second-order valence-corrected chi connectivity index (χ2v) is 6.40. The highest BCUT2D eigenvalue weighted by atomic mass is 19.4. The summed E-state index contributed by atoms with van der Waals surface area (Å²) >= 11 is 0. The van der Waals surface area contributed by atoms with Crippen LogP contribution in [0.25, 0.3) is 0 Å². The van der Waals surface area contributed by atoms with Gasteiger partial charge in [0.25, 0.3) is 5.91 Å². The van der Waals surface area contributed by atoms with Gasteiger partial charge in [0.2, 0.25) is 0 Å². The number of alkyl halides is 3. The Balaban J connectivity index is 1.70. The molecule has 0 bridgehead atoms. The Morgan fingerprint density at radius 2 is 1.86 bits per heavy atom. The Morgan fingerprint density at radius 1 is 1.14 bits per heavy atom. The SMILES string of the molecule is N=C(/C=C(\Nc1ccc(C(=O)Nc2cccc(F)c2F)cn1)C1CC1)C(F)(F)F. The van der Waals surface area contributed by atoms with Crippen LogP contribution >= 0.6 is 0 Å². The Morgan fingerprint density at radius 3 is 2.45 bits per heavy atom. The molecule has 1 saturated carbocycles. The van der Waals surface area contributed by atoms with E-state index >= 15 is 0 Å². The third-order valence-electron chi connectivity index (χ3n) is 4.12. The minimum atomic E-state index is -4.75. The zero-order valence-electron chi connectivity index (χ0n) is 14.8. The van der Waals surface area contributed by atoms with Crippen LogP contribution in [0, 0.1) is 23.0 Å². The maximum absolute atomic E-state index is 13.6. The van der Waals surface area contributed by atoms with E-state index < -0.39 is 29.4 Å². The Labute approximate surface area is 162 Å². The number of benzene rings is 1. The van der Waals surface area contributed by atoms with Crippen molar-refractivity contribution in [2.45, 2.75) is 19.0 Å². The smallest absolute Gasteiger partial charge is 0.343 e. The summed E-state index contributed by atoms with van der Waals surface area (Å²) in [5.41, 5.74) is -1.54. The lowest BCUT2D eigenvalue weighted by Gasteiger charge is -2.12. The number of allylic oxidation sites excluding steroid dienone is 2. The molecule has 3 N–H and O–H groups in total. The zero-order valence-corrected chi connectivity index (χ0v) is 14.8. The number of carbonyl (C=O) groups excluding carboxylic acids is 1. The van der Waals surface area contributed by atoms with Crippen LogP contribution in [-0.4, -0.2) is 22.8 Å². The van der Waals surface area contributed by atoms with Gasteiger partial charge in [0.15, 0.2) is 11.6 Å². The molecule has 1 amide bonds. The van der Waals surface area contributed by atoms with E-state index in [4.69, 9.17) is 5.41 Å². The van der Waals surface area contributed by atoms with Crippen LogP contribution in [0.4, 0.5) is 33.5 Å². The van der Waals surface area contributed by atoms with Crippen molar-refractivity contribution in [1.29, 1.82) is 5.41 Å². The maximum atomic E-state index is 13.6. The first-order chi connectivity index (χ1) is 13.6. The largest absolute Gasteiger partial charge is 0.432 e. The molecule has 0 unspecified atom stereocenters. The lowest BCUT2D eigenvalue weighted by atomic mass is 10.2. The summed E-state index contributed by atoms with van der Waals surface area (Å²) in [7, 11) is 0. The van der Waals surface area contributed by atoms with E-state index in [9.17, 15) is 26.7 Å². The standard InChI is InChI=1S/C19H15F5N4O/c20-12-2-1-3-13(17(12)21)28-18(29)11-6-7-16(26-9-11)27-14(10-4-5-10)8-15(25)19(22,23)24/h1-3,6-10,25H,4-5H2,(H,26,27)(H,28,29)/b14-8-,25-15?. The molecule has 3 rings (SSSR count). The number of rotatable bonds is 6. The van der Waals surface area contributed by atoms with Gasteiger partial charge in [-0.25, -0.2) is 13.8 Å². The fraction of sp³-hybridized carbons (Fsp3) is 0.211. The molecule has 1 aliphatic rings. The maximum Gasteiger partial charge on any atom is 0.432 e. The third-order valence-corrected chi connectivity index (χ3v) is 4.12. The summed E-state index contributed by atoms with van der Waals surface area (Å²) < 4.78 is 64.6. The molecule has 1 aromatic carbocycles. The summed E-state index contributed by atoms with van der Waals surface area (Å²) in [6.07, 6.45) is -1.47. The van der Waals surface area contributed by atoms with Gasteiger partial charge in [-0.1, -0.05) is 6.07 Å². The van der Waals surface area contributed by atoms with E-state index in [2.05, 4.69) is 15.6 Å². The second kappa shape index (κ2) is 7.98. The van der Waals surface area contributed by atoms with Gasteiger partial charge in [-0.3, -0.25) is 10.2 Å². The first-order valence-corrected chi connectivity index (χ1v) is 8.51. The van der Waals surface area contributed by atoms with E-state index in [1.165, 1.54) is 24.3 Å². The minimum absolute atomic E-state index is 0.0409. The van der Waals surface area contributed by atoms with E-state index in [0.717, 1.165) is 18.3 Å². The van der Waals surface area contributed by atoms with Gasteiger partial charge in [0.05, 0.1) is 11.3 Å². The van der Waals surface area contributed by atoms with Gasteiger partial charge in [0.1, 0.15) is 11.5 Å². The number of carbonyl (C=O) groups is 1. The molecule has 2 aromatic rings. The van der Waals surface area contributed by atoms with Crippen molar-refractivity contribution in [2.24, 2.45) is 5.92 Å². The van der Waals surface area contributed by atoms with Gasteiger partial charge >= 0.3 is 6.18 Å². The van der Waals surface area contributed by atoms with Crippen LogP contribution in [0.1, 0.15) is 23.2 Å². The summed E-state index contributed by atoms with van der Waals surface area (Å²) in [5, 5.41) is 12.1. The lowest BCUT2D eigenvalue weighted by molar-refractivity contribution is -0.0584. The molecule has 10 heteroatoms. The number of pyridine rings is 1. The topological polar surface area (TPSA) is 77.9 Å². The van der Waals surface area contributed by atoms with Crippen LogP contribution in [0.3, 0.4) is 0 Å². The normalized spacial score (nSPS) is 14.4. The summed E-state index contributed by atoms with van der Waals surface area (Å²) in [6, 6.07) is 6.05. The van der Waals surface area contributed by atoms with Crippen LogP contribution in [0.15, 0.2) is 48.3 Å². The first-order valence-electron chi connectivity index (χ1n) is 8.51. The van der Waals surface area contributed by atoms with Gasteiger partial charge < -0.3 is 10.6 Å². The number of nitrogens with zero attached hydrogens (tertiary/aromatic N) is 1. The number of aromatic nitrogens is 1. The fourth-order valence-electron chi connectivity index (χ4n) is 2.43. The highest BCUT2D eigenvalue weighted by Gasteiger charge is 2.35. The Bertz CT molecular complexity index is 966. The van der Waals surface area contributed by atoms with Crippen molar-refractivity contribution < 1.29 is 26.7 Å². The minimum Gasteiger partial charge on any atom is -0.343 e. The predicted molar refractivity (Wildman–Crippen MR) is 96.8 cm³/mol. The van der Waals surface area contributed by atoms with Crippen LogP contribution in [-0.2, 0) is 0 Å². The van der Waals surface area contributed by atoms with Crippen LogP contribution in [0.2, 0.25) is 0 Å². The molecule has 0 aliphatic heterocycles. The van der Waals surface area contributed by atoms with Gasteiger partial charge in [-0.15, -0.1) is 0 Å². The molecule has 0 saturated heterocycles. The Kier molecular flexibility index (Phi) is 5.62. The van der Waals surface area contributed by atoms with Crippen LogP contribution < -0.4 is 10.6 Å². The summed E-state index contributed by atoms with van der Waals surface area (Å²) in [6.45, 7) is 0. The molecule has 152 valence electrons. The molecular formula is C19H15F5N4O. The fourth-order valence-corrected chi connectivity index (χ4v) is 2.43. The predicted octanol–water partition coefficient (Wildman–Crippen LogP) is 4.90. The van der Waals surface area contributed by atoms with Crippen molar-refractivity contribution >= 4 is 23.1 Å². The van der Waals surface area contributed by atoms with Crippen molar-refractivity contribution in [3.05, 3.63) is 65.5 Å². The first kappa shape index (κ1) is 20.4. The van der Waals surface area contributed by atoms with E-state index in [1.807, 2.05) is 0 Å². The molecule has 29 heavy (non-hydrogen) atoms. The molecule has 0 atom stereocenters. The Hall–Kier alpha value is -3.30. The van der Waals surface area contributed by atoms with E-state index in [0.29, 0.717) is 12.8 Å². The van der Waals surface area contributed by atoms with Crippen LogP contribution in [0.5, 0.6) is 0 Å². The number of hydrogen-bond acceptors (Lipinski definition) is 4. The number of halogens is 5. The molecule has 1 aromatic heterocycles. The van der Waals surface area contributed by atoms with E-state index in [-0.39, 0.29) is 28.7 Å². The molecule has 0 spiro atoms. The van der Waals surface area contributed by atoms with Gasteiger partial charge in [-0.05, 0) is 49.1 Å². The number of hydrogen-bond donors (Lipinski definition) is 3. The summed E-state index contributed by atoms with van der Waals surface area (Å²) in [5.74, 6) is -2.96. The van der Waals surface area contributed by atoms with Gasteiger partial charge in [0, 0.05) is 11.9 Å². The number of anilines is 2. The average Bonchev–Trinajstić information content (AvgIpc) is 3.50. The van der Waals surface area contributed by atoms with E-state index in [1.54, 1.807) is 0 Å². The zero-order chi connectivity index (χ0) is 21.2. The van der Waals surface area contributed by atoms with Crippen molar-refractivity contribution in [3.8, 4) is 0 Å². The monoisotopic (exact) mass is 410 g/mol. The quantitative estimate of drug-likeness (QED) is 0.468. The highest BCUT2D eigenvalue weighted by molar-refractivity contribution is 6.04. The molecule has 1 aliphatic carbocycles. The lowest BCUT2D eigenvalue weighted by Crippen LogP contribution is -2.21. The molecule has 1 fully saturated rings. The average molecular weight is 410 g/mol. The molecule has 5 nitrogen and oxygen atoms in total. The van der Waals surface area contributed by atoms with Crippen molar-refractivity contribution in [2.75, 3.05) is 10.6 Å². The third kappa shape index (κ3) is 5.15. The van der Waals surface area contributed by atoms with Crippen molar-refractivity contribution in [1.82, 2.24) is 4.98 Å². The van der Waals surface area contributed by atoms with Crippen molar-refractivity contribution in [3.63, 3.8) is 0 Å². The second-order valence-electron chi connectivity index (χ2n) is 6.40. The number of nitrogens with one attached hydrogen (secondary N) is 3. The van der Waals surface area contributed by atoms with Gasteiger partial charge in [-0.2, -0.15) is 13.2 Å². The molecule has 1 heterocycles. The number of amides is 1.